The fourth-order valence-corrected chi connectivity index (χ4v) is 5.77. The molecule has 2 fully saturated rings. The van der Waals surface area contributed by atoms with Crippen LogP contribution in [0.5, 0.6) is 0 Å². The Bertz CT molecular complexity index is 526. The molecule has 0 aliphatic heterocycles. The van der Waals surface area contributed by atoms with Gasteiger partial charge in [-0.1, -0.05) is 49.5 Å². The average molecular weight is 406 g/mol. The summed E-state index contributed by atoms with van der Waals surface area (Å²) in [4.78, 5) is 0. The van der Waals surface area contributed by atoms with Gasteiger partial charge in [-0.25, -0.2) is 0 Å². The molecule has 0 saturated heterocycles. The second-order valence-corrected chi connectivity index (χ2v) is 9.65. The molecule has 2 saturated carbocycles. The predicted molar refractivity (Wildman–Crippen MR) is 119 cm³/mol. The molecule has 0 amide bonds. The molecule has 0 aromatic carbocycles. The molecule has 4 nitrogen and oxygen atoms in total. The molecule has 0 bridgehead atoms. The van der Waals surface area contributed by atoms with Gasteiger partial charge in [-0.2, -0.15) is 0 Å². The van der Waals surface area contributed by atoms with E-state index in [-0.39, 0.29) is 24.7 Å². The number of hydrogen-bond donors (Lipinski definition) is 4. The summed E-state index contributed by atoms with van der Waals surface area (Å²) in [6.07, 6.45) is 19.9. The normalized spacial score (nSPS) is 31.3. The summed E-state index contributed by atoms with van der Waals surface area (Å²) < 4.78 is 0. The first-order valence-electron chi connectivity index (χ1n) is 12.2. The molecule has 0 unspecified atom stereocenters. The Morgan fingerprint density at radius 3 is 2.66 bits per heavy atom. The van der Waals surface area contributed by atoms with Gasteiger partial charge in [0.05, 0.1) is 12.2 Å². The monoisotopic (exact) mass is 405 g/mol. The zero-order valence-corrected chi connectivity index (χ0v) is 18.1. The van der Waals surface area contributed by atoms with Crippen LogP contribution in [0.15, 0.2) is 23.8 Å². The predicted octanol–water partition coefficient (Wildman–Crippen LogP) is 3.96. The molecule has 29 heavy (non-hydrogen) atoms. The van der Waals surface area contributed by atoms with Gasteiger partial charge in [-0.05, 0) is 82.2 Å². The van der Waals surface area contributed by atoms with E-state index in [9.17, 15) is 10.2 Å². The van der Waals surface area contributed by atoms with Gasteiger partial charge in [-0.15, -0.1) is 0 Å². The molecule has 166 valence electrons. The van der Waals surface area contributed by atoms with Crippen molar-refractivity contribution in [3.63, 3.8) is 0 Å². The topological polar surface area (TPSA) is 72.7 Å². The molecule has 0 heterocycles. The molecule has 0 radical (unpaired) electrons. The molecule has 4 heteroatoms. The molecular weight excluding hydrogens is 362 g/mol. The standard InChI is InChI=1S/C25H43NO3/c27-15-7-14-26-13-6-2-3-8-19-16-21-18-25(29)22(23(21)17-19)11-12-24(28)20-9-4-1-5-10-20/h11-12,16,20-29H,1-10,13-15,17-18H2/b12-11+/t21-,22+,23-,24+,25+/m0/s1. The number of rotatable bonds is 12. The van der Waals surface area contributed by atoms with Crippen molar-refractivity contribution in [3.05, 3.63) is 23.8 Å². The molecule has 0 aromatic rings. The molecule has 3 aliphatic carbocycles. The summed E-state index contributed by atoms with van der Waals surface area (Å²) in [5, 5.41) is 33.3. The van der Waals surface area contributed by atoms with Crippen LogP contribution in [0, 0.1) is 23.7 Å². The Morgan fingerprint density at radius 2 is 1.86 bits per heavy atom. The number of allylic oxidation sites excluding steroid dienone is 2. The number of aliphatic hydroxyl groups excluding tert-OH is 3. The Labute approximate surface area is 177 Å². The molecular formula is C25H43NO3. The Kier molecular flexibility index (Phi) is 9.71. The molecule has 3 rings (SSSR count). The first-order chi connectivity index (χ1) is 14.2. The molecule has 0 aromatic heterocycles. The summed E-state index contributed by atoms with van der Waals surface area (Å²) in [5.41, 5.74) is 1.59. The SMILES string of the molecule is OCCCNCCCCCC1=C[C@H]2C[C@@H](O)[C@H](/C=C/[C@@H](O)C3CCCCC3)[C@H]2C1. The van der Waals surface area contributed by atoms with E-state index >= 15 is 0 Å². The van der Waals surface area contributed by atoms with E-state index in [0.717, 1.165) is 45.2 Å². The average Bonchev–Trinajstić information content (AvgIpc) is 3.25. The number of aliphatic hydroxyl groups is 3. The van der Waals surface area contributed by atoms with E-state index in [1.165, 1.54) is 44.9 Å². The lowest BCUT2D eigenvalue weighted by Crippen LogP contribution is -2.22. The number of unbranched alkanes of at least 4 members (excludes halogenated alkanes) is 2. The summed E-state index contributed by atoms with van der Waals surface area (Å²) >= 11 is 0. The highest BCUT2D eigenvalue weighted by Gasteiger charge is 2.43. The zero-order valence-electron chi connectivity index (χ0n) is 18.1. The minimum atomic E-state index is -0.332. The first kappa shape index (κ1) is 23.0. The van der Waals surface area contributed by atoms with Crippen LogP contribution in [-0.4, -0.2) is 47.2 Å². The van der Waals surface area contributed by atoms with E-state index < -0.39 is 0 Å². The minimum absolute atomic E-state index is 0.211. The third-order valence-electron chi connectivity index (χ3n) is 7.48. The summed E-state index contributed by atoms with van der Waals surface area (Å²) in [5.74, 6) is 1.70. The van der Waals surface area contributed by atoms with Crippen LogP contribution in [0.3, 0.4) is 0 Å². The van der Waals surface area contributed by atoms with Crippen molar-refractivity contribution in [1.29, 1.82) is 0 Å². The molecule has 5 atom stereocenters. The van der Waals surface area contributed by atoms with Gasteiger partial charge in [0, 0.05) is 12.5 Å². The largest absolute Gasteiger partial charge is 0.396 e. The van der Waals surface area contributed by atoms with E-state index in [0.29, 0.717) is 17.8 Å². The third-order valence-corrected chi connectivity index (χ3v) is 7.48. The maximum atomic E-state index is 10.6. The van der Waals surface area contributed by atoms with Crippen molar-refractivity contribution in [2.75, 3.05) is 19.7 Å². The fraction of sp³-hybridized carbons (Fsp3) is 0.840. The van der Waals surface area contributed by atoms with Crippen molar-refractivity contribution in [1.82, 2.24) is 5.32 Å². The van der Waals surface area contributed by atoms with E-state index in [2.05, 4.69) is 17.5 Å². The molecule has 0 spiro atoms. The van der Waals surface area contributed by atoms with Gasteiger partial charge in [0.25, 0.3) is 0 Å². The number of nitrogens with one attached hydrogen (secondary N) is 1. The smallest absolute Gasteiger partial charge is 0.0749 e. The van der Waals surface area contributed by atoms with Crippen molar-refractivity contribution in [2.24, 2.45) is 23.7 Å². The Hall–Kier alpha value is -0.680. The first-order valence-corrected chi connectivity index (χ1v) is 12.2. The lowest BCUT2D eigenvalue weighted by Gasteiger charge is -2.25. The van der Waals surface area contributed by atoms with E-state index in [1.807, 2.05) is 6.08 Å². The summed E-state index contributed by atoms with van der Waals surface area (Å²) in [7, 11) is 0. The zero-order chi connectivity index (χ0) is 20.5. The maximum absolute atomic E-state index is 10.6. The lowest BCUT2D eigenvalue weighted by molar-refractivity contribution is 0.120. The Morgan fingerprint density at radius 1 is 1.07 bits per heavy atom. The van der Waals surface area contributed by atoms with Gasteiger partial charge in [-0.3, -0.25) is 0 Å². The van der Waals surface area contributed by atoms with Gasteiger partial charge in [0.15, 0.2) is 0 Å². The van der Waals surface area contributed by atoms with Crippen molar-refractivity contribution in [3.8, 4) is 0 Å². The number of hydrogen-bond acceptors (Lipinski definition) is 4. The number of fused-ring (bicyclic) bond motifs is 1. The minimum Gasteiger partial charge on any atom is -0.396 e. The molecule has 4 N–H and O–H groups in total. The lowest BCUT2D eigenvalue weighted by atomic mass is 9.83. The van der Waals surface area contributed by atoms with Crippen LogP contribution < -0.4 is 5.32 Å². The summed E-state index contributed by atoms with van der Waals surface area (Å²) in [6, 6.07) is 0. The van der Waals surface area contributed by atoms with Crippen molar-refractivity contribution in [2.45, 2.75) is 89.3 Å². The van der Waals surface area contributed by atoms with Crippen LogP contribution in [-0.2, 0) is 0 Å². The van der Waals surface area contributed by atoms with Gasteiger partial charge in [0.1, 0.15) is 0 Å². The van der Waals surface area contributed by atoms with Crippen LogP contribution >= 0.6 is 0 Å². The highest BCUT2D eigenvalue weighted by atomic mass is 16.3. The molecule has 3 aliphatic rings. The highest BCUT2D eigenvalue weighted by molar-refractivity contribution is 5.21. The highest BCUT2D eigenvalue weighted by Crippen LogP contribution is 2.48. The van der Waals surface area contributed by atoms with E-state index in [1.54, 1.807) is 5.57 Å². The van der Waals surface area contributed by atoms with Crippen molar-refractivity contribution < 1.29 is 15.3 Å². The summed E-state index contributed by atoms with van der Waals surface area (Å²) in [6.45, 7) is 2.23. The van der Waals surface area contributed by atoms with Crippen LogP contribution in [0.25, 0.3) is 0 Å². The van der Waals surface area contributed by atoms with Crippen molar-refractivity contribution >= 4 is 0 Å². The Balaban J connectivity index is 1.37. The maximum Gasteiger partial charge on any atom is 0.0749 e. The van der Waals surface area contributed by atoms with Gasteiger partial charge < -0.3 is 20.6 Å². The third kappa shape index (κ3) is 6.92. The van der Waals surface area contributed by atoms with Crippen LogP contribution in [0.1, 0.15) is 77.0 Å². The second-order valence-electron chi connectivity index (χ2n) is 9.65. The van der Waals surface area contributed by atoms with Crippen LogP contribution in [0.4, 0.5) is 0 Å². The van der Waals surface area contributed by atoms with E-state index in [4.69, 9.17) is 5.11 Å². The second kappa shape index (κ2) is 12.2. The van der Waals surface area contributed by atoms with Crippen LogP contribution in [0.2, 0.25) is 0 Å². The quantitative estimate of drug-likeness (QED) is 0.293. The van der Waals surface area contributed by atoms with Gasteiger partial charge in [0.2, 0.25) is 0 Å². The fourth-order valence-electron chi connectivity index (χ4n) is 5.77. The van der Waals surface area contributed by atoms with Gasteiger partial charge >= 0.3 is 0 Å².